The Morgan fingerprint density at radius 3 is 2.15 bits per heavy atom. The van der Waals surface area contributed by atoms with E-state index in [1.807, 2.05) is 0 Å². The van der Waals surface area contributed by atoms with Gasteiger partial charge < -0.3 is 26.8 Å². The van der Waals surface area contributed by atoms with Gasteiger partial charge in [-0.25, -0.2) is 19.6 Å². The molecule has 0 aromatic carbocycles. The van der Waals surface area contributed by atoms with Crippen LogP contribution in [-0.4, -0.2) is 45.1 Å². The summed E-state index contributed by atoms with van der Waals surface area (Å²) in [5.74, 6) is -1.25. The summed E-state index contributed by atoms with van der Waals surface area (Å²) in [6.45, 7) is 3.28. The van der Waals surface area contributed by atoms with Crippen molar-refractivity contribution in [2.75, 3.05) is 40.6 Å². The SMILES string of the molecule is CCNC(=O)Nc1cc(CNc2cc(NC(=O)OCC)nc(N)c2[N+](=O)[O-])c([N+](=O)[O-])c(N)n1. The summed E-state index contributed by atoms with van der Waals surface area (Å²) in [7, 11) is 0. The maximum Gasteiger partial charge on any atom is 0.412 e. The van der Waals surface area contributed by atoms with Crippen LogP contribution >= 0.6 is 0 Å². The lowest BCUT2D eigenvalue weighted by Gasteiger charge is -2.13. The number of nitro groups is 2. The number of hydrogen-bond donors (Lipinski definition) is 6. The Balaban J connectivity index is 2.43. The third kappa shape index (κ3) is 6.28. The molecule has 34 heavy (non-hydrogen) atoms. The monoisotopic (exact) mass is 478 g/mol. The average Bonchev–Trinajstić information content (AvgIpc) is 2.71. The van der Waals surface area contributed by atoms with Crippen molar-refractivity contribution in [3.63, 3.8) is 0 Å². The number of carbonyl (C=O) groups excluding carboxylic acids is 2. The van der Waals surface area contributed by atoms with E-state index in [9.17, 15) is 29.8 Å². The zero-order valence-electron chi connectivity index (χ0n) is 18.1. The highest BCUT2D eigenvalue weighted by molar-refractivity contribution is 5.89. The molecule has 182 valence electrons. The highest BCUT2D eigenvalue weighted by Crippen LogP contribution is 2.34. The van der Waals surface area contributed by atoms with Crippen LogP contribution in [0, 0.1) is 20.2 Å². The smallest absolute Gasteiger partial charge is 0.412 e. The molecule has 0 bridgehead atoms. The lowest BCUT2D eigenvalue weighted by molar-refractivity contribution is -0.384. The number of nitrogens with one attached hydrogen (secondary N) is 4. The van der Waals surface area contributed by atoms with Gasteiger partial charge in [-0.1, -0.05) is 0 Å². The predicted molar refractivity (Wildman–Crippen MR) is 121 cm³/mol. The van der Waals surface area contributed by atoms with Gasteiger partial charge in [0.25, 0.3) is 0 Å². The molecule has 17 heteroatoms. The van der Waals surface area contributed by atoms with Crippen LogP contribution in [-0.2, 0) is 11.3 Å². The summed E-state index contributed by atoms with van der Waals surface area (Å²) in [6.07, 6.45) is -0.868. The van der Waals surface area contributed by atoms with Crippen molar-refractivity contribution in [2.45, 2.75) is 20.4 Å². The summed E-state index contributed by atoms with van der Waals surface area (Å²) in [4.78, 5) is 52.4. The Morgan fingerprint density at radius 1 is 1.00 bits per heavy atom. The summed E-state index contributed by atoms with van der Waals surface area (Å²) < 4.78 is 4.73. The topological polar surface area (TPSA) is 256 Å². The molecule has 2 aromatic heterocycles. The number of nitrogens with two attached hydrogens (primary N) is 2. The fourth-order valence-corrected chi connectivity index (χ4v) is 2.75. The van der Waals surface area contributed by atoms with E-state index in [0.29, 0.717) is 6.54 Å². The maximum absolute atomic E-state index is 11.8. The van der Waals surface area contributed by atoms with Crippen LogP contribution < -0.4 is 32.7 Å². The highest BCUT2D eigenvalue weighted by atomic mass is 16.6. The number of urea groups is 1. The molecule has 3 amide bonds. The molecule has 2 heterocycles. The van der Waals surface area contributed by atoms with Crippen molar-refractivity contribution in [1.82, 2.24) is 15.3 Å². The molecule has 0 spiro atoms. The third-order valence-corrected chi connectivity index (χ3v) is 4.04. The van der Waals surface area contributed by atoms with E-state index in [-0.39, 0.29) is 36.0 Å². The van der Waals surface area contributed by atoms with Crippen LogP contribution in [0.5, 0.6) is 0 Å². The molecular weight excluding hydrogens is 456 g/mol. The molecule has 0 aliphatic rings. The maximum atomic E-state index is 11.8. The zero-order valence-corrected chi connectivity index (χ0v) is 18.1. The molecule has 17 nitrogen and oxygen atoms in total. The van der Waals surface area contributed by atoms with Gasteiger partial charge in [0.15, 0.2) is 0 Å². The lowest BCUT2D eigenvalue weighted by atomic mass is 10.2. The molecule has 0 atom stereocenters. The minimum Gasteiger partial charge on any atom is -0.450 e. The van der Waals surface area contributed by atoms with Crippen LogP contribution in [0.4, 0.5) is 49.9 Å². The van der Waals surface area contributed by atoms with Gasteiger partial charge in [0.1, 0.15) is 17.3 Å². The molecule has 0 aliphatic carbocycles. The van der Waals surface area contributed by atoms with Gasteiger partial charge in [-0.05, 0) is 19.9 Å². The normalized spacial score (nSPS) is 10.2. The molecule has 2 rings (SSSR count). The van der Waals surface area contributed by atoms with Gasteiger partial charge in [-0.2, -0.15) is 0 Å². The molecule has 8 N–H and O–H groups in total. The quantitative estimate of drug-likeness (QED) is 0.222. The molecular formula is C17H22N10O7. The number of pyridine rings is 2. The van der Waals surface area contributed by atoms with Crippen molar-refractivity contribution in [1.29, 1.82) is 0 Å². The standard InChI is InChI=1S/C17H22N10O7/c1-3-20-16(28)24-10-5-8(12(26(30)31)14(18)22-10)7-21-9-6-11(25-17(29)34-4-2)23-15(19)13(9)27(32)33/h5-6H,3-4,7H2,1-2H3,(H4,18,20,22,24,28)(H4,19,21,23,25,29). The number of anilines is 5. The van der Waals surface area contributed by atoms with Crippen molar-refractivity contribution in [2.24, 2.45) is 0 Å². The Hall–Kier alpha value is -4.96. The fraction of sp³-hybridized carbons (Fsp3) is 0.294. The molecule has 0 aliphatic heterocycles. The van der Waals surface area contributed by atoms with E-state index >= 15 is 0 Å². The number of nitrogen functional groups attached to an aromatic ring is 2. The largest absolute Gasteiger partial charge is 0.450 e. The van der Waals surface area contributed by atoms with Crippen LogP contribution in [0.1, 0.15) is 19.4 Å². The Bertz CT molecular complexity index is 1040. The number of ether oxygens (including phenoxy) is 1. The van der Waals surface area contributed by atoms with E-state index in [4.69, 9.17) is 16.2 Å². The summed E-state index contributed by atoms with van der Waals surface area (Å²) >= 11 is 0. The number of aromatic nitrogens is 2. The van der Waals surface area contributed by atoms with Gasteiger partial charge in [-0.15, -0.1) is 0 Å². The average molecular weight is 478 g/mol. The highest BCUT2D eigenvalue weighted by Gasteiger charge is 2.25. The van der Waals surface area contributed by atoms with Gasteiger partial charge in [-0.3, -0.25) is 30.9 Å². The van der Waals surface area contributed by atoms with Gasteiger partial charge >= 0.3 is 23.5 Å². The summed E-state index contributed by atoms with van der Waals surface area (Å²) in [5.41, 5.74) is 9.93. The zero-order chi connectivity index (χ0) is 25.4. The predicted octanol–water partition coefficient (Wildman–Crippen LogP) is 1.78. The van der Waals surface area contributed by atoms with Crippen LogP contribution in [0.25, 0.3) is 0 Å². The van der Waals surface area contributed by atoms with E-state index in [1.165, 1.54) is 6.07 Å². The van der Waals surface area contributed by atoms with Gasteiger partial charge in [0, 0.05) is 19.2 Å². The van der Waals surface area contributed by atoms with E-state index < -0.39 is 45.0 Å². The van der Waals surface area contributed by atoms with E-state index in [1.54, 1.807) is 13.8 Å². The molecule has 2 aromatic rings. The van der Waals surface area contributed by atoms with Crippen molar-refractivity contribution in [3.05, 3.63) is 37.9 Å². The van der Waals surface area contributed by atoms with Crippen molar-refractivity contribution >= 4 is 52.5 Å². The molecule has 0 unspecified atom stereocenters. The lowest BCUT2D eigenvalue weighted by Crippen LogP contribution is -2.28. The number of carbonyl (C=O) groups is 2. The van der Waals surface area contributed by atoms with E-state index in [0.717, 1.165) is 6.07 Å². The Morgan fingerprint density at radius 2 is 1.59 bits per heavy atom. The number of rotatable bonds is 9. The number of hydrogen-bond acceptors (Lipinski definition) is 12. The Kier molecular flexibility index (Phi) is 8.24. The first-order valence-corrected chi connectivity index (χ1v) is 9.68. The van der Waals surface area contributed by atoms with Crippen molar-refractivity contribution in [3.8, 4) is 0 Å². The number of nitrogens with zero attached hydrogens (tertiary/aromatic N) is 4. The van der Waals surface area contributed by atoms with Crippen LogP contribution in [0.3, 0.4) is 0 Å². The second kappa shape index (κ2) is 11.1. The first-order valence-electron chi connectivity index (χ1n) is 9.68. The fourth-order valence-electron chi connectivity index (χ4n) is 2.75. The minimum absolute atomic E-state index is 0.0473. The molecule has 0 fully saturated rings. The second-order valence-corrected chi connectivity index (χ2v) is 6.39. The molecule has 0 saturated carbocycles. The number of amides is 3. The third-order valence-electron chi connectivity index (χ3n) is 4.04. The van der Waals surface area contributed by atoms with Gasteiger partial charge in [0.2, 0.25) is 11.6 Å². The summed E-state index contributed by atoms with van der Waals surface area (Å²) in [5, 5.41) is 32.8. The second-order valence-electron chi connectivity index (χ2n) is 6.39. The van der Waals surface area contributed by atoms with Gasteiger partial charge in [0.05, 0.1) is 22.0 Å². The van der Waals surface area contributed by atoms with Crippen LogP contribution in [0.15, 0.2) is 12.1 Å². The minimum atomic E-state index is -0.868. The first-order chi connectivity index (χ1) is 16.1. The summed E-state index contributed by atoms with van der Waals surface area (Å²) in [6, 6.07) is 1.68. The van der Waals surface area contributed by atoms with Crippen molar-refractivity contribution < 1.29 is 24.2 Å². The van der Waals surface area contributed by atoms with Crippen LogP contribution in [0.2, 0.25) is 0 Å². The first kappa shape index (κ1) is 25.3. The molecule has 0 saturated heterocycles. The molecule has 0 radical (unpaired) electrons. The Labute approximate surface area is 191 Å². The van der Waals surface area contributed by atoms with E-state index in [2.05, 4.69) is 31.2 Å².